The maximum atomic E-state index is 12.0. The van der Waals surface area contributed by atoms with Gasteiger partial charge in [-0.15, -0.1) is 0 Å². The highest BCUT2D eigenvalue weighted by molar-refractivity contribution is 5.69. The third-order valence-electron chi connectivity index (χ3n) is 3.73. The fourth-order valence-corrected chi connectivity index (χ4v) is 2.48. The molecule has 0 saturated carbocycles. The highest BCUT2D eigenvalue weighted by Gasteiger charge is 2.44. The van der Waals surface area contributed by atoms with Crippen LogP contribution in [0.2, 0.25) is 0 Å². The van der Waals surface area contributed by atoms with E-state index in [-0.39, 0.29) is 17.0 Å². The lowest BCUT2D eigenvalue weighted by molar-refractivity contribution is -0.0511. The van der Waals surface area contributed by atoms with E-state index >= 15 is 0 Å². The molecule has 0 spiro atoms. The molecule has 2 aromatic rings. The van der Waals surface area contributed by atoms with Crippen LogP contribution >= 0.6 is 0 Å². The number of aromatic nitrogens is 4. The summed E-state index contributed by atoms with van der Waals surface area (Å²) in [4.78, 5) is 22.2. The number of aromatic amines is 1. The van der Waals surface area contributed by atoms with Crippen molar-refractivity contribution < 1.29 is 30.3 Å². The van der Waals surface area contributed by atoms with Crippen LogP contribution in [0.4, 0.5) is 0 Å². The molecule has 1 saturated heterocycles. The highest BCUT2D eigenvalue weighted by Crippen LogP contribution is 2.30. The third-order valence-corrected chi connectivity index (χ3v) is 3.73. The minimum atomic E-state index is -1.39. The number of H-pyrrole nitrogens is 1. The van der Waals surface area contributed by atoms with Gasteiger partial charge >= 0.3 is 0 Å². The molecule has 3 rings (SSSR count). The summed E-state index contributed by atoms with van der Waals surface area (Å²) in [6, 6.07) is 0. The predicted octanol–water partition coefficient (Wildman–Crippen LogP) is -3.24. The first-order valence-electron chi connectivity index (χ1n) is 6.86. The molecule has 2 aromatic heterocycles. The number of imidazole rings is 1. The molecule has 11 heteroatoms. The van der Waals surface area contributed by atoms with Crippen molar-refractivity contribution in [2.45, 2.75) is 30.6 Å². The van der Waals surface area contributed by atoms with Crippen molar-refractivity contribution in [3.63, 3.8) is 0 Å². The lowest BCUT2D eigenvalue weighted by atomic mass is 10.1. The monoisotopic (exact) mass is 328 g/mol. The maximum absolute atomic E-state index is 12.0. The van der Waals surface area contributed by atoms with E-state index in [2.05, 4.69) is 15.0 Å². The van der Waals surface area contributed by atoms with Gasteiger partial charge in [-0.05, 0) is 0 Å². The van der Waals surface area contributed by atoms with Crippen LogP contribution < -0.4 is 5.56 Å². The molecule has 0 bridgehead atoms. The van der Waals surface area contributed by atoms with Gasteiger partial charge in [0.25, 0.3) is 5.56 Å². The molecule has 0 aliphatic carbocycles. The Morgan fingerprint density at radius 1 is 1.35 bits per heavy atom. The lowest BCUT2D eigenvalue weighted by Crippen LogP contribution is -2.33. The Morgan fingerprint density at radius 2 is 2.09 bits per heavy atom. The van der Waals surface area contributed by atoms with E-state index in [0.29, 0.717) is 0 Å². The Kier molecular flexibility index (Phi) is 4.14. The molecule has 6 N–H and O–H groups in total. The molecular weight excluding hydrogens is 312 g/mol. The van der Waals surface area contributed by atoms with E-state index in [0.717, 1.165) is 0 Å². The average Bonchev–Trinajstić information content (AvgIpc) is 3.09. The van der Waals surface area contributed by atoms with Crippen LogP contribution in [0.15, 0.2) is 11.1 Å². The Morgan fingerprint density at radius 3 is 2.70 bits per heavy atom. The molecule has 1 aliphatic rings. The number of nitrogens with one attached hydrogen (secondary N) is 1. The van der Waals surface area contributed by atoms with Gasteiger partial charge in [-0.2, -0.15) is 0 Å². The van der Waals surface area contributed by atoms with Crippen LogP contribution in [0.5, 0.6) is 0 Å². The van der Waals surface area contributed by atoms with Gasteiger partial charge in [-0.3, -0.25) is 9.36 Å². The quantitative estimate of drug-likeness (QED) is 0.337. The van der Waals surface area contributed by atoms with Crippen LogP contribution in [-0.2, 0) is 4.74 Å². The maximum Gasteiger partial charge on any atom is 0.279 e. The molecule has 11 nitrogen and oxygen atoms in total. The number of aliphatic hydroxyl groups excluding tert-OH is 5. The summed E-state index contributed by atoms with van der Waals surface area (Å²) < 4.78 is 6.59. The fraction of sp³-hybridized carbons (Fsp3) is 0.583. The molecular formula is C12H16N4O7. The molecule has 0 amide bonds. The molecule has 5 atom stereocenters. The van der Waals surface area contributed by atoms with Crippen molar-refractivity contribution in [1.29, 1.82) is 0 Å². The fourth-order valence-electron chi connectivity index (χ4n) is 2.48. The van der Waals surface area contributed by atoms with Gasteiger partial charge in [-0.1, -0.05) is 0 Å². The van der Waals surface area contributed by atoms with E-state index in [1.165, 1.54) is 10.9 Å². The zero-order chi connectivity index (χ0) is 16.7. The Bertz CT molecular complexity index is 759. The zero-order valence-corrected chi connectivity index (χ0v) is 11.8. The molecule has 23 heavy (non-hydrogen) atoms. The Hall–Kier alpha value is -1.89. The van der Waals surface area contributed by atoms with E-state index < -0.39 is 49.4 Å². The molecule has 0 aromatic carbocycles. The summed E-state index contributed by atoms with van der Waals surface area (Å²) in [5.74, 6) is -0.168. The number of aliphatic hydroxyl groups is 5. The van der Waals surface area contributed by atoms with Crippen molar-refractivity contribution in [2.75, 3.05) is 13.2 Å². The first-order valence-corrected chi connectivity index (χ1v) is 6.86. The topological polar surface area (TPSA) is 174 Å². The lowest BCUT2D eigenvalue weighted by Gasteiger charge is -2.16. The van der Waals surface area contributed by atoms with Crippen LogP contribution in [-0.4, -0.2) is 76.6 Å². The molecule has 126 valence electrons. The summed E-state index contributed by atoms with van der Waals surface area (Å²) in [6.45, 7) is -1.14. The van der Waals surface area contributed by atoms with E-state index in [1.807, 2.05) is 0 Å². The van der Waals surface area contributed by atoms with Gasteiger partial charge in [0.1, 0.15) is 30.2 Å². The van der Waals surface area contributed by atoms with Crippen molar-refractivity contribution in [3.8, 4) is 0 Å². The summed E-state index contributed by atoms with van der Waals surface area (Å²) in [7, 11) is 0. The normalized spacial score (nSPS) is 29.3. The Balaban J connectivity index is 2.08. The second-order valence-electron chi connectivity index (χ2n) is 5.20. The van der Waals surface area contributed by atoms with Crippen molar-refractivity contribution in [2.24, 2.45) is 0 Å². The van der Waals surface area contributed by atoms with E-state index in [4.69, 9.17) is 14.9 Å². The number of ether oxygens (including phenoxy) is 1. The Labute approximate surface area is 128 Å². The summed E-state index contributed by atoms with van der Waals surface area (Å²) in [5.41, 5.74) is -0.689. The summed E-state index contributed by atoms with van der Waals surface area (Å²) in [6.07, 6.45) is -4.97. The molecule has 0 radical (unpaired) electrons. The van der Waals surface area contributed by atoms with Gasteiger partial charge in [0.15, 0.2) is 17.4 Å². The van der Waals surface area contributed by atoms with Gasteiger partial charge in [-0.25, -0.2) is 9.97 Å². The predicted molar refractivity (Wildman–Crippen MR) is 73.2 cm³/mol. The summed E-state index contributed by atoms with van der Waals surface area (Å²) >= 11 is 0. The second-order valence-corrected chi connectivity index (χ2v) is 5.20. The van der Waals surface area contributed by atoms with E-state index in [1.54, 1.807) is 0 Å². The van der Waals surface area contributed by atoms with E-state index in [9.17, 15) is 20.1 Å². The van der Waals surface area contributed by atoms with Crippen molar-refractivity contribution in [3.05, 3.63) is 22.5 Å². The van der Waals surface area contributed by atoms with Crippen LogP contribution in [0, 0.1) is 0 Å². The number of fused-ring (bicyclic) bond motifs is 1. The average molecular weight is 328 g/mol. The van der Waals surface area contributed by atoms with Crippen LogP contribution in [0.25, 0.3) is 11.2 Å². The zero-order valence-electron chi connectivity index (χ0n) is 11.8. The first kappa shape index (κ1) is 16.0. The van der Waals surface area contributed by atoms with Gasteiger partial charge in [0.05, 0.1) is 19.5 Å². The third kappa shape index (κ3) is 2.52. The molecule has 5 unspecified atom stereocenters. The van der Waals surface area contributed by atoms with Gasteiger partial charge < -0.3 is 35.3 Å². The van der Waals surface area contributed by atoms with Crippen molar-refractivity contribution in [1.82, 2.24) is 19.5 Å². The largest absolute Gasteiger partial charge is 0.394 e. The van der Waals surface area contributed by atoms with Gasteiger partial charge in [0.2, 0.25) is 0 Å². The first-order chi connectivity index (χ1) is 11.0. The van der Waals surface area contributed by atoms with Crippen LogP contribution in [0.1, 0.15) is 18.2 Å². The minimum Gasteiger partial charge on any atom is -0.394 e. The number of rotatable bonds is 4. The molecule has 1 aliphatic heterocycles. The van der Waals surface area contributed by atoms with Crippen LogP contribution in [0.3, 0.4) is 0 Å². The number of nitrogens with zero attached hydrogens (tertiary/aromatic N) is 3. The molecule has 1 fully saturated rings. The SMILES string of the molecule is O=c1[nH]c(C(O)CO)nc2c1ncn2C1OC(CO)C(O)C1O. The standard InChI is InChI=1S/C12H16N4O7/c17-1-4(19)9-14-10-6(11(22)15-9)13-3-16(10)12-8(21)7(20)5(2-18)23-12/h3-5,7-8,12,17-21H,1-2H2,(H,14,15,22). The molecule has 3 heterocycles. The van der Waals surface area contributed by atoms with Gasteiger partial charge in [0, 0.05) is 0 Å². The smallest absolute Gasteiger partial charge is 0.279 e. The summed E-state index contributed by atoms with van der Waals surface area (Å²) in [5, 5.41) is 47.6. The second kappa shape index (κ2) is 5.96. The highest BCUT2D eigenvalue weighted by atomic mass is 16.6. The minimum absolute atomic E-state index is 0.00564. The van der Waals surface area contributed by atoms with Crippen molar-refractivity contribution >= 4 is 11.2 Å². The number of hydrogen-bond donors (Lipinski definition) is 6. The number of hydrogen-bond acceptors (Lipinski definition) is 9.